The van der Waals surface area contributed by atoms with Crippen molar-refractivity contribution in [1.29, 1.82) is 0 Å². The first kappa shape index (κ1) is 19.2. The maximum Gasteiger partial charge on any atom is 0.252 e. The van der Waals surface area contributed by atoms with Gasteiger partial charge in [-0.1, -0.05) is 24.3 Å². The van der Waals surface area contributed by atoms with Crippen molar-refractivity contribution in [2.75, 3.05) is 31.8 Å². The molecule has 0 atom stereocenters. The number of methoxy groups -OCH3 is 1. The lowest BCUT2D eigenvalue weighted by atomic mass is 10.1. The van der Waals surface area contributed by atoms with Crippen LogP contribution in [0.3, 0.4) is 0 Å². The molecule has 0 fully saturated rings. The zero-order valence-electron chi connectivity index (χ0n) is 15.5. The van der Waals surface area contributed by atoms with E-state index in [9.17, 15) is 4.79 Å². The van der Waals surface area contributed by atoms with Crippen molar-refractivity contribution in [2.45, 2.75) is 11.3 Å². The van der Waals surface area contributed by atoms with Crippen molar-refractivity contribution in [3.63, 3.8) is 0 Å². The van der Waals surface area contributed by atoms with Gasteiger partial charge in [-0.25, -0.2) is 4.98 Å². The Kier molecular flexibility index (Phi) is 6.68. The van der Waals surface area contributed by atoms with Gasteiger partial charge in [0.1, 0.15) is 5.82 Å². The van der Waals surface area contributed by atoms with Crippen LogP contribution in [0, 0.1) is 0 Å². The fraction of sp³-hybridized carbons (Fsp3) is 0.238. The van der Waals surface area contributed by atoms with E-state index in [1.807, 2.05) is 42.7 Å². The number of pyridine rings is 1. The number of hydrogen-bond donors (Lipinski definition) is 2. The number of thioether (sulfide) groups is 1. The number of benzene rings is 2. The highest BCUT2D eigenvalue weighted by Gasteiger charge is 2.13. The fourth-order valence-electron chi connectivity index (χ4n) is 2.79. The summed E-state index contributed by atoms with van der Waals surface area (Å²) in [5.41, 5.74) is 2.34. The van der Waals surface area contributed by atoms with E-state index in [-0.39, 0.29) is 5.91 Å². The van der Waals surface area contributed by atoms with E-state index in [4.69, 9.17) is 4.74 Å². The molecule has 2 aromatic carbocycles. The highest BCUT2D eigenvalue weighted by Crippen LogP contribution is 2.25. The Bertz CT molecular complexity index is 930. The van der Waals surface area contributed by atoms with Crippen molar-refractivity contribution in [3.05, 3.63) is 60.2 Å². The summed E-state index contributed by atoms with van der Waals surface area (Å²) in [6.07, 6.45) is 2.82. The van der Waals surface area contributed by atoms with E-state index in [1.54, 1.807) is 24.9 Å². The minimum Gasteiger partial charge on any atom is -0.385 e. The molecule has 6 heteroatoms. The van der Waals surface area contributed by atoms with Crippen LogP contribution >= 0.6 is 11.8 Å². The van der Waals surface area contributed by atoms with Crippen LogP contribution in [0.2, 0.25) is 0 Å². The smallest absolute Gasteiger partial charge is 0.252 e. The Morgan fingerprint density at radius 3 is 2.81 bits per heavy atom. The molecule has 0 aliphatic carbocycles. The van der Waals surface area contributed by atoms with Crippen molar-refractivity contribution in [1.82, 2.24) is 10.3 Å². The molecule has 0 saturated heterocycles. The summed E-state index contributed by atoms with van der Waals surface area (Å²) in [4.78, 5) is 18.5. The normalized spacial score (nSPS) is 10.7. The maximum atomic E-state index is 12.7. The lowest BCUT2D eigenvalue weighted by Gasteiger charge is -2.12. The molecule has 0 aliphatic rings. The predicted molar refractivity (Wildman–Crippen MR) is 112 cm³/mol. The molecule has 0 spiro atoms. The molecule has 3 aromatic rings. The first-order chi connectivity index (χ1) is 13.2. The molecular formula is C21H23N3O2S. The number of rotatable bonds is 8. The summed E-state index contributed by atoms with van der Waals surface area (Å²) in [5, 5.41) is 7.11. The summed E-state index contributed by atoms with van der Waals surface area (Å²) < 4.78 is 5.03. The molecule has 27 heavy (non-hydrogen) atoms. The Morgan fingerprint density at radius 2 is 2.00 bits per heavy atom. The van der Waals surface area contributed by atoms with E-state index in [0.717, 1.165) is 27.9 Å². The summed E-state index contributed by atoms with van der Waals surface area (Å²) >= 11 is 1.68. The Morgan fingerprint density at radius 1 is 1.15 bits per heavy atom. The van der Waals surface area contributed by atoms with Gasteiger partial charge in [0.2, 0.25) is 0 Å². The zero-order chi connectivity index (χ0) is 19.1. The zero-order valence-corrected chi connectivity index (χ0v) is 16.3. The second kappa shape index (κ2) is 9.39. The minimum absolute atomic E-state index is 0.106. The third-order valence-corrected chi connectivity index (χ3v) is 4.84. The number of carbonyl (C=O) groups is 1. The Hall–Kier alpha value is -2.57. The number of ether oxygens (including phenoxy) is 1. The average Bonchev–Trinajstić information content (AvgIpc) is 2.70. The highest BCUT2D eigenvalue weighted by atomic mass is 32.2. The highest BCUT2D eigenvalue weighted by molar-refractivity contribution is 7.98. The molecular weight excluding hydrogens is 358 g/mol. The monoisotopic (exact) mass is 381 g/mol. The first-order valence-electron chi connectivity index (χ1n) is 8.79. The minimum atomic E-state index is -0.106. The number of anilines is 2. The number of nitrogens with one attached hydrogen (secondary N) is 2. The van der Waals surface area contributed by atoms with Crippen molar-refractivity contribution >= 4 is 40.1 Å². The third-order valence-electron chi connectivity index (χ3n) is 4.11. The van der Waals surface area contributed by atoms with Gasteiger partial charge in [0.05, 0.1) is 11.1 Å². The van der Waals surface area contributed by atoms with Gasteiger partial charge in [-0.3, -0.25) is 4.79 Å². The van der Waals surface area contributed by atoms with Crippen molar-refractivity contribution in [3.8, 4) is 0 Å². The van der Waals surface area contributed by atoms with Gasteiger partial charge in [0.15, 0.2) is 0 Å². The van der Waals surface area contributed by atoms with E-state index in [1.165, 1.54) is 0 Å². The first-order valence-corrected chi connectivity index (χ1v) is 10.0. The van der Waals surface area contributed by atoms with Crippen LogP contribution in [0.1, 0.15) is 16.8 Å². The summed E-state index contributed by atoms with van der Waals surface area (Å²) in [6.45, 7) is 1.19. The van der Waals surface area contributed by atoms with E-state index in [2.05, 4.69) is 27.8 Å². The number of carbonyl (C=O) groups excluding carboxylic acids is 1. The van der Waals surface area contributed by atoms with Crippen LogP contribution in [0.5, 0.6) is 0 Å². The number of hydrogen-bond acceptors (Lipinski definition) is 5. The van der Waals surface area contributed by atoms with Crippen LogP contribution in [-0.2, 0) is 4.74 Å². The second-order valence-corrected chi connectivity index (χ2v) is 6.91. The van der Waals surface area contributed by atoms with E-state index < -0.39 is 0 Å². The third kappa shape index (κ3) is 4.99. The predicted octanol–water partition coefficient (Wildman–Crippen LogP) is 4.47. The van der Waals surface area contributed by atoms with Crippen molar-refractivity contribution < 1.29 is 9.53 Å². The van der Waals surface area contributed by atoms with E-state index in [0.29, 0.717) is 24.5 Å². The van der Waals surface area contributed by atoms with Gasteiger partial charge in [0, 0.05) is 36.2 Å². The molecule has 2 N–H and O–H groups in total. The summed E-state index contributed by atoms with van der Waals surface area (Å²) in [6, 6.07) is 17.6. The van der Waals surface area contributed by atoms with Crippen LogP contribution in [0.25, 0.3) is 10.9 Å². The molecule has 1 heterocycles. The summed E-state index contributed by atoms with van der Waals surface area (Å²) in [5.74, 6) is 0.541. The fourth-order valence-corrected chi connectivity index (χ4v) is 3.25. The topological polar surface area (TPSA) is 63.2 Å². The molecule has 0 aliphatic heterocycles. The van der Waals surface area contributed by atoms with Crippen LogP contribution in [0.15, 0.2) is 59.5 Å². The molecule has 140 valence electrons. The molecule has 0 saturated carbocycles. The molecule has 0 unspecified atom stereocenters. The number of para-hydroxylation sites is 1. The lowest BCUT2D eigenvalue weighted by molar-refractivity contribution is 0.0950. The SMILES string of the molecule is COCCCNC(=O)c1cc(Nc2cccc(SC)c2)nc2ccccc12. The molecule has 0 radical (unpaired) electrons. The largest absolute Gasteiger partial charge is 0.385 e. The molecule has 0 bridgehead atoms. The summed E-state index contributed by atoms with van der Waals surface area (Å²) in [7, 11) is 1.65. The van der Waals surface area contributed by atoms with Gasteiger partial charge in [-0.15, -0.1) is 11.8 Å². The Balaban J connectivity index is 1.89. The number of aromatic nitrogens is 1. The molecule has 1 aromatic heterocycles. The molecule has 3 rings (SSSR count). The quantitative estimate of drug-likeness (QED) is 0.445. The second-order valence-electron chi connectivity index (χ2n) is 6.03. The maximum absolute atomic E-state index is 12.7. The van der Waals surface area contributed by atoms with Crippen LogP contribution in [-0.4, -0.2) is 37.4 Å². The lowest BCUT2D eigenvalue weighted by Crippen LogP contribution is -2.25. The number of amides is 1. The van der Waals surface area contributed by atoms with Crippen LogP contribution in [0.4, 0.5) is 11.5 Å². The van der Waals surface area contributed by atoms with Gasteiger partial charge in [-0.2, -0.15) is 0 Å². The van der Waals surface area contributed by atoms with Crippen molar-refractivity contribution in [2.24, 2.45) is 0 Å². The van der Waals surface area contributed by atoms with E-state index >= 15 is 0 Å². The Labute approximate surface area is 163 Å². The molecule has 1 amide bonds. The van der Waals surface area contributed by atoms with Gasteiger partial charge < -0.3 is 15.4 Å². The molecule has 5 nitrogen and oxygen atoms in total. The van der Waals surface area contributed by atoms with Gasteiger partial charge >= 0.3 is 0 Å². The average molecular weight is 382 g/mol. The number of fused-ring (bicyclic) bond motifs is 1. The van der Waals surface area contributed by atoms with Gasteiger partial charge in [0.25, 0.3) is 5.91 Å². The number of nitrogens with zero attached hydrogens (tertiary/aromatic N) is 1. The van der Waals surface area contributed by atoms with Crippen LogP contribution < -0.4 is 10.6 Å². The van der Waals surface area contributed by atoms with Gasteiger partial charge in [-0.05, 0) is 43.0 Å². The standard InChI is InChI=1S/C21H23N3O2S/c1-26-12-6-11-22-21(25)18-14-20(24-19-10-4-3-9-17(18)19)23-15-7-5-8-16(13-15)27-2/h3-5,7-10,13-14H,6,11-12H2,1-2H3,(H,22,25)(H,23,24).